The summed E-state index contributed by atoms with van der Waals surface area (Å²) in [5.74, 6) is -1.61. The number of amides is 1. The van der Waals surface area contributed by atoms with Gasteiger partial charge in [0.15, 0.2) is 0 Å². The highest BCUT2D eigenvalue weighted by Gasteiger charge is 2.16. The molecule has 0 bridgehead atoms. The maximum atomic E-state index is 10.9. The minimum Gasteiger partial charge on any atom is -0.478 e. The molecule has 0 atom stereocenters. The third kappa shape index (κ3) is 2.84. The maximum absolute atomic E-state index is 10.9. The summed E-state index contributed by atoms with van der Waals surface area (Å²) in [5, 5.41) is 11.5. The summed E-state index contributed by atoms with van der Waals surface area (Å²) in [6, 6.07) is 2.64. The van der Waals surface area contributed by atoms with E-state index in [2.05, 4.69) is 5.32 Å². The van der Waals surface area contributed by atoms with Crippen molar-refractivity contribution >= 4 is 40.8 Å². The predicted octanol–water partition coefficient (Wildman–Crippen LogP) is 2.65. The average molecular weight is 248 g/mol. The lowest BCUT2D eigenvalue weighted by Crippen LogP contribution is -2.11. The number of carbonyl (C=O) groups is 2. The molecule has 1 aromatic rings. The number of anilines is 1. The molecule has 15 heavy (non-hydrogen) atoms. The van der Waals surface area contributed by atoms with E-state index in [1.165, 1.54) is 19.1 Å². The molecule has 0 saturated heterocycles. The Morgan fingerprint density at radius 2 is 1.93 bits per heavy atom. The number of hydrogen-bond acceptors (Lipinski definition) is 2. The van der Waals surface area contributed by atoms with Crippen molar-refractivity contribution in [3.05, 3.63) is 27.7 Å². The molecule has 0 aliphatic carbocycles. The van der Waals surface area contributed by atoms with Gasteiger partial charge in [0, 0.05) is 11.9 Å². The molecule has 2 N–H and O–H groups in total. The van der Waals surface area contributed by atoms with Crippen LogP contribution in [0.4, 0.5) is 5.69 Å². The van der Waals surface area contributed by atoms with Crippen molar-refractivity contribution in [3.8, 4) is 0 Å². The molecule has 4 nitrogen and oxygen atoms in total. The fourth-order valence-corrected chi connectivity index (χ4v) is 1.65. The Bertz CT molecular complexity index is 432. The Balaban J connectivity index is 3.33. The highest BCUT2D eigenvalue weighted by Crippen LogP contribution is 2.29. The van der Waals surface area contributed by atoms with E-state index < -0.39 is 11.9 Å². The van der Waals surface area contributed by atoms with Crippen LogP contribution in [0, 0.1) is 0 Å². The monoisotopic (exact) mass is 247 g/mol. The Labute approximate surface area is 95.8 Å². The zero-order valence-corrected chi connectivity index (χ0v) is 9.19. The summed E-state index contributed by atoms with van der Waals surface area (Å²) in [6.07, 6.45) is 0. The van der Waals surface area contributed by atoms with Gasteiger partial charge >= 0.3 is 5.97 Å². The Morgan fingerprint density at radius 3 is 2.40 bits per heavy atom. The van der Waals surface area contributed by atoms with Crippen molar-refractivity contribution < 1.29 is 14.7 Å². The number of aromatic carboxylic acids is 1. The van der Waals surface area contributed by atoms with Crippen molar-refractivity contribution in [2.75, 3.05) is 5.32 Å². The first-order chi connectivity index (χ1) is 6.91. The van der Waals surface area contributed by atoms with E-state index >= 15 is 0 Å². The second-order valence-corrected chi connectivity index (χ2v) is 3.64. The summed E-state index contributed by atoms with van der Waals surface area (Å²) < 4.78 is 0. The van der Waals surface area contributed by atoms with Crippen molar-refractivity contribution in [1.82, 2.24) is 0 Å². The van der Waals surface area contributed by atoms with E-state index in [4.69, 9.17) is 28.3 Å². The first kappa shape index (κ1) is 11.8. The molecule has 80 valence electrons. The first-order valence-corrected chi connectivity index (χ1v) is 4.67. The third-order valence-electron chi connectivity index (χ3n) is 1.58. The maximum Gasteiger partial charge on any atom is 0.339 e. The van der Waals surface area contributed by atoms with Gasteiger partial charge in [-0.2, -0.15) is 0 Å². The van der Waals surface area contributed by atoms with Crippen LogP contribution in [0.1, 0.15) is 17.3 Å². The van der Waals surface area contributed by atoms with Gasteiger partial charge in [0.05, 0.1) is 10.7 Å². The van der Waals surface area contributed by atoms with Crippen LogP contribution in [-0.2, 0) is 4.79 Å². The van der Waals surface area contributed by atoms with Crippen LogP contribution in [0.3, 0.4) is 0 Å². The molecule has 1 amide bonds. The number of hydrogen-bond donors (Lipinski definition) is 2. The number of carboxylic acid groups (broad SMARTS) is 1. The zero-order valence-electron chi connectivity index (χ0n) is 7.67. The molecule has 0 heterocycles. The topological polar surface area (TPSA) is 66.4 Å². The number of halogens is 2. The second-order valence-electron chi connectivity index (χ2n) is 2.80. The fourth-order valence-electron chi connectivity index (χ4n) is 1.08. The molecular weight excluding hydrogens is 241 g/mol. The van der Waals surface area contributed by atoms with Gasteiger partial charge in [-0.3, -0.25) is 4.79 Å². The van der Waals surface area contributed by atoms with Crippen LogP contribution in [0.5, 0.6) is 0 Å². The summed E-state index contributed by atoms with van der Waals surface area (Å²) in [5.41, 5.74) is -0.0798. The van der Waals surface area contributed by atoms with Crippen LogP contribution in [0.15, 0.2) is 12.1 Å². The van der Waals surface area contributed by atoms with Gasteiger partial charge in [-0.1, -0.05) is 23.2 Å². The van der Waals surface area contributed by atoms with Gasteiger partial charge in [0.1, 0.15) is 5.56 Å². The van der Waals surface area contributed by atoms with E-state index in [9.17, 15) is 9.59 Å². The zero-order chi connectivity index (χ0) is 11.6. The lowest BCUT2D eigenvalue weighted by molar-refractivity contribution is -0.114. The Hall–Kier alpha value is -1.26. The van der Waals surface area contributed by atoms with Gasteiger partial charge in [-0.15, -0.1) is 0 Å². The molecule has 0 fully saturated rings. The summed E-state index contributed by atoms with van der Waals surface area (Å²) in [7, 11) is 0. The largest absolute Gasteiger partial charge is 0.478 e. The average Bonchev–Trinajstić information content (AvgIpc) is 1.99. The first-order valence-electron chi connectivity index (χ1n) is 3.91. The molecule has 1 aromatic carbocycles. The van der Waals surface area contributed by atoms with E-state index in [1.807, 2.05) is 0 Å². The van der Waals surface area contributed by atoms with Gasteiger partial charge in [0.2, 0.25) is 5.91 Å². The molecule has 0 saturated carbocycles. The fraction of sp³-hybridized carbons (Fsp3) is 0.111. The summed E-state index contributed by atoms with van der Waals surface area (Å²) in [6.45, 7) is 1.26. The molecule has 0 aliphatic heterocycles. The number of benzene rings is 1. The third-order valence-corrected chi connectivity index (χ3v) is 2.10. The predicted molar refractivity (Wildman–Crippen MR) is 57.7 cm³/mol. The molecule has 0 aliphatic rings. The van der Waals surface area contributed by atoms with Crippen LogP contribution < -0.4 is 5.32 Å². The van der Waals surface area contributed by atoms with E-state index in [0.29, 0.717) is 0 Å². The number of rotatable bonds is 2. The summed E-state index contributed by atoms with van der Waals surface area (Å²) in [4.78, 5) is 21.7. The lowest BCUT2D eigenvalue weighted by Gasteiger charge is -2.08. The van der Waals surface area contributed by atoms with E-state index in [1.54, 1.807) is 0 Å². The van der Waals surface area contributed by atoms with Gasteiger partial charge in [0.25, 0.3) is 0 Å². The number of carbonyl (C=O) groups excluding carboxylic acids is 1. The Morgan fingerprint density at radius 1 is 1.33 bits per heavy atom. The highest BCUT2D eigenvalue weighted by molar-refractivity contribution is 6.37. The van der Waals surface area contributed by atoms with E-state index in [0.717, 1.165) is 0 Å². The number of nitrogens with one attached hydrogen (secondary N) is 1. The molecule has 0 spiro atoms. The molecular formula is C9H7Cl2NO3. The SMILES string of the molecule is CC(=O)Nc1cc(Cl)cc(Cl)c1C(=O)O. The highest BCUT2D eigenvalue weighted by atomic mass is 35.5. The smallest absolute Gasteiger partial charge is 0.339 e. The van der Waals surface area contributed by atoms with Gasteiger partial charge in [-0.05, 0) is 12.1 Å². The van der Waals surface area contributed by atoms with Gasteiger partial charge in [-0.25, -0.2) is 4.79 Å². The standard InChI is InChI=1S/C9H7Cl2NO3/c1-4(13)12-7-3-5(10)2-6(11)8(7)9(14)15/h2-3H,1H3,(H,12,13)(H,14,15). The van der Waals surface area contributed by atoms with Gasteiger partial charge < -0.3 is 10.4 Å². The summed E-state index contributed by atoms with van der Waals surface area (Å²) >= 11 is 11.4. The number of carboxylic acids is 1. The lowest BCUT2D eigenvalue weighted by atomic mass is 10.1. The molecule has 0 unspecified atom stereocenters. The van der Waals surface area contributed by atoms with Crippen molar-refractivity contribution in [3.63, 3.8) is 0 Å². The van der Waals surface area contributed by atoms with Crippen LogP contribution in [0.25, 0.3) is 0 Å². The Kier molecular flexibility index (Phi) is 3.55. The molecule has 1 rings (SSSR count). The van der Waals surface area contributed by atoms with Crippen molar-refractivity contribution in [2.45, 2.75) is 6.92 Å². The minimum atomic E-state index is -1.22. The molecule has 0 aromatic heterocycles. The quantitative estimate of drug-likeness (QED) is 0.845. The molecule has 6 heteroatoms. The van der Waals surface area contributed by atoms with Crippen LogP contribution in [0.2, 0.25) is 10.0 Å². The van der Waals surface area contributed by atoms with Crippen LogP contribution in [-0.4, -0.2) is 17.0 Å². The van der Waals surface area contributed by atoms with Crippen molar-refractivity contribution in [2.24, 2.45) is 0 Å². The second kappa shape index (κ2) is 4.51. The van der Waals surface area contributed by atoms with E-state index in [-0.39, 0.29) is 21.3 Å². The normalized spacial score (nSPS) is 9.80. The van der Waals surface area contributed by atoms with Crippen molar-refractivity contribution in [1.29, 1.82) is 0 Å². The van der Waals surface area contributed by atoms with Crippen LogP contribution >= 0.6 is 23.2 Å². The minimum absolute atomic E-state index is 0.0150. The molecule has 0 radical (unpaired) electrons.